The molecule has 0 heterocycles. The number of aliphatic hydroxyl groups is 2. The van der Waals surface area contributed by atoms with Crippen molar-refractivity contribution >= 4 is 5.91 Å². The predicted octanol–water partition coefficient (Wildman–Crippen LogP) is 11.5. The van der Waals surface area contributed by atoms with Crippen LogP contribution in [0.4, 0.5) is 0 Å². The third kappa shape index (κ3) is 32.3. The van der Waals surface area contributed by atoms with Gasteiger partial charge in [0.05, 0.1) is 18.8 Å². The van der Waals surface area contributed by atoms with Gasteiger partial charge in [0, 0.05) is 6.42 Å². The minimum Gasteiger partial charge on any atom is -0.394 e. The number of aliphatic hydroxyl groups excluding tert-OH is 2. The van der Waals surface area contributed by atoms with E-state index in [1.54, 1.807) is 0 Å². The molecule has 2 atom stereocenters. The van der Waals surface area contributed by atoms with Gasteiger partial charge < -0.3 is 15.5 Å². The van der Waals surface area contributed by atoms with Crippen LogP contribution in [-0.4, -0.2) is 34.9 Å². The van der Waals surface area contributed by atoms with Gasteiger partial charge in [-0.05, 0) is 38.5 Å². The molecule has 0 rings (SSSR count). The van der Waals surface area contributed by atoms with Gasteiger partial charge >= 0.3 is 0 Å². The van der Waals surface area contributed by atoms with Crippen molar-refractivity contribution in [2.45, 2.75) is 225 Å². The molecule has 43 heavy (non-hydrogen) atoms. The fraction of sp³-hybridized carbons (Fsp3) is 0.923. The molecule has 0 spiro atoms. The maximum absolute atomic E-state index is 12.3. The average Bonchev–Trinajstić information content (AvgIpc) is 3.01. The molecule has 0 aromatic rings. The molecule has 0 radical (unpaired) electrons. The topological polar surface area (TPSA) is 69.6 Å². The maximum atomic E-state index is 12.3. The van der Waals surface area contributed by atoms with Crippen molar-refractivity contribution in [2.24, 2.45) is 0 Å². The van der Waals surface area contributed by atoms with E-state index in [1.807, 2.05) is 0 Å². The molecule has 1 amide bonds. The van der Waals surface area contributed by atoms with Gasteiger partial charge in [-0.2, -0.15) is 0 Å². The molecular formula is C39H77NO3. The Bertz CT molecular complexity index is 579. The minimum atomic E-state index is -0.655. The zero-order valence-corrected chi connectivity index (χ0v) is 29.2. The SMILES string of the molecule is CCCCCCCCCCC/C=C\CCCCCCCCCC(=O)NC(CO)C(O)CCCCCCCCCCCCC. The zero-order valence-electron chi connectivity index (χ0n) is 29.2. The Kier molecular flexibility index (Phi) is 34.9. The fourth-order valence-corrected chi connectivity index (χ4v) is 6.00. The summed E-state index contributed by atoms with van der Waals surface area (Å²) in [7, 11) is 0. The molecule has 4 nitrogen and oxygen atoms in total. The zero-order chi connectivity index (χ0) is 31.5. The van der Waals surface area contributed by atoms with Crippen molar-refractivity contribution in [3.63, 3.8) is 0 Å². The molecule has 0 bridgehead atoms. The lowest BCUT2D eigenvalue weighted by Gasteiger charge is -2.22. The number of unbranched alkanes of at least 4 members (excludes halogenated alkanes) is 26. The van der Waals surface area contributed by atoms with Gasteiger partial charge in [0.1, 0.15) is 0 Å². The lowest BCUT2D eigenvalue weighted by atomic mass is 10.0. The molecule has 0 aliphatic carbocycles. The number of allylic oxidation sites excluding steroid dienone is 2. The lowest BCUT2D eigenvalue weighted by Crippen LogP contribution is -2.45. The van der Waals surface area contributed by atoms with Crippen LogP contribution in [0, 0.1) is 0 Å². The smallest absolute Gasteiger partial charge is 0.220 e. The average molecular weight is 608 g/mol. The quantitative estimate of drug-likeness (QED) is 0.0496. The molecule has 256 valence electrons. The van der Waals surface area contributed by atoms with Gasteiger partial charge in [-0.15, -0.1) is 0 Å². The Morgan fingerprint density at radius 1 is 0.535 bits per heavy atom. The molecule has 0 aromatic heterocycles. The summed E-state index contributed by atoms with van der Waals surface area (Å²) < 4.78 is 0. The Morgan fingerprint density at radius 2 is 0.884 bits per heavy atom. The summed E-state index contributed by atoms with van der Waals surface area (Å²) >= 11 is 0. The summed E-state index contributed by atoms with van der Waals surface area (Å²) in [6.45, 7) is 4.35. The lowest BCUT2D eigenvalue weighted by molar-refractivity contribution is -0.123. The van der Waals surface area contributed by atoms with Crippen LogP contribution in [0.3, 0.4) is 0 Å². The van der Waals surface area contributed by atoms with Crippen molar-refractivity contribution in [3.8, 4) is 0 Å². The van der Waals surface area contributed by atoms with Crippen molar-refractivity contribution in [1.29, 1.82) is 0 Å². The molecule has 4 heteroatoms. The molecule has 0 aromatic carbocycles. The second kappa shape index (κ2) is 35.6. The maximum Gasteiger partial charge on any atom is 0.220 e. The first-order valence-corrected chi connectivity index (χ1v) is 19.4. The van der Waals surface area contributed by atoms with Gasteiger partial charge in [-0.25, -0.2) is 0 Å². The van der Waals surface area contributed by atoms with Crippen LogP contribution in [0.15, 0.2) is 12.2 Å². The first-order chi connectivity index (χ1) is 21.2. The van der Waals surface area contributed by atoms with Gasteiger partial charge in [0.15, 0.2) is 0 Å². The first-order valence-electron chi connectivity index (χ1n) is 19.4. The standard InChI is InChI=1S/C39H77NO3/c1-3-5-7-9-11-13-15-16-17-18-19-20-21-22-23-25-27-29-31-33-35-39(43)40-37(36-41)38(42)34-32-30-28-26-24-14-12-10-8-6-4-2/h19-20,37-38,41-42H,3-18,21-36H2,1-2H3,(H,40,43)/b20-19-. The molecule has 3 N–H and O–H groups in total. The van der Waals surface area contributed by atoms with E-state index in [2.05, 4.69) is 31.3 Å². The van der Waals surface area contributed by atoms with Gasteiger partial charge in [-0.1, -0.05) is 180 Å². The third-order valence-corrected chi connectivity index (χ3v) is 9.03. The highest BCUT2D eigenvalue weighted by Crippen LogP contribution is 2.15. The highest BCUT2D eigenvalue weighted by atomic mass is 16.3. The predicted molar refractivity (Wildman–Crippen MR) is 189 cm³/mol. The Balaban J connectivity index is 3.52. The number of carbonyl (C=O) groups excluding carboxylic acids is 1. The van der Waals surface area contributed by atoms with Crippen LogP contribution in [0.25, 0.3) is 0 Å². The van der Waals surface area contributed by atoms with Crippen LogP contribution in [0.1, 0.15) is 213 Å². The summed E-state index contributed by atoms with van der Waals surface area (Å²) in [5, 5.41) is 23.0. The normalized spacial score (nSPS) is 13.1. The Morgan fingerprint density at radius 3 is 1.28 bits per heavy atom. The summed E-state index contributed by atoms with van der Waals surface area (Å²) in [6, 6.07) is -0.533. The van der Waals surface area contributed by atoms with E-state index in [-0.39, 0.29) is 12.5 Å². The van der Waals surface area contributed by atoms with Crippen LogP contribution in [0.5, 0.6) is 0 Å². The van der Waals surface area contributed by atoms with Gasteiger partial charge in [0.2, 0.25) is 5.91 Å². The number of amides is 1. The van der Waals surface area contributed by atoms with Crippen LogP contribution >= 0.6 is 0 Å². The first kappa shape index (κ1) is 42.1. The number of carbonyl (C=O) groups is 1. The number of hydrogen-bond acceptors (Lipinski definition) is 3. The largest absolute Gasteiger partial charge is 0.394 e. The summed E-state index contributed by atoms with van der Waals surface area (Å²) in [5.41, 5.74) is 0. The molecule has 0 aliphatic heterocycles. The van der Waals surface area contributed by atoms with Crippen molar-refractivity contribution in [1.82, 2.24) is 5.32 Å². The van der Waals surface area contributed by atoms with Crippen molar-refractivity contribution in [3.05, 3.63) is 12.2 Å². The molecule has 0 fully saturated rings. The highest BCUT2D eigenvalue weighted by Gasteiger charge is 2.19. The molecular weight excluding hydrogens is 530 g/mol. The van der Waals surface area contributed by atoms with E-state index < -0.39 is 12.1 Å². The highest BCUT2D eigenvalue weighted by molar-refractivity contribution is 5.76. The second-order valence-corrected chi connectivity index (χ2v) is 13.4. The number of rotatable bonds is 35. The second-order valence-electron chi connectivity index (χ2n) is 13.4. The van der Waals surface area contributed by atoms with E-state index in [4.69, 9.17) is 0 Å². The van der Waals surface area contributed by atoms with Crippen LogP contribution < -0.4 is 5.32 Å². The molecule has 0 saturated heterocycles. The van der Waals surface area contributed by atoms with Gasteiger partial charge in [-0.3, -0.25) is 4.79 Å². The number of nitrogens with one attached hydrogen (secondary N) is 1. The number of hydrogen-bond donors (Lipinski definition) is 3. The van der Waals surface area contributed by atoms with Crippen LogP contribution in [0.2, 0.25) is 0 Å². The Hall–Kier alpha value is -0.870. The Labute approximate surface area is 269 Å². The van der Waals surface area contributed by atoms with E-state index in [1.165, 1.54) is 161 Å². The monoisotopic (exact) mass is 608 g/mol. The minimum absolute atomic E-state index is 0.0359. The van der Waals surface area contributed by atoms with E-state index in [9.17, 15) is 15.0 Å². The van der Waals surface area contributed by atoms with Crippen LogP contribution in [-0.2, 0) is 4.79 Å². The molecule has 2 unspecified atom stereocenters. The van der Waals surface area contributed by atoms with E-state index >= 15 is 0 Å². The fourth-order valence-electron chi connectivity index (χ4n) is 6.00. The summed E-state index contributed by atoms with van der Waals surface area (Å²) in [6.07, 6.45) is 42.7. The van der Waals surface area contributed by atoms with Crippen molar-refractivity contribution < 1.29 is 15.0 Å². The molecule has 0 saturated carbocycles. The van der Waals surface area contributed by atoms with Crippen molar-refractivity contribution in [2.75, 3.05) is 6.61 Å². The molecule has 0 aliphatic rings. The summed E-state index contributed by atoms with van der Waals surface area (Å²) in [5.74, 6) is -0.0359. The third-order valence-electron chi connectivity index (χ3n) is 9.03. The van der Waals surface area contributed by atoms with Gasteiger partial charge in [0.25, 0.3) is 0 Å². The van der Waals surface area contributed by atoms with E-state index in [0.29, 0.717) is 12.8 Å². The van der Waals surface area contributed by atoms with E-state index in [0.717, 1.165) is 25.7 Å². The summed E-state index contributed by atoms with van der Waals surface area (Å²) in [4.78, 5) is 12.3.